The Morgan fingerprint density at radius 2 is 1.82 bits per heavy atom. The second-order valence-corrected chi connectivity index (χ2v) is 10.7. The van der Waals surface area contributed by atoms with Gasteiger partial charge in [-0.1, -0.05) is 37.6 Å². The van der Waals surface area contributed by atoms with Crippen molar-refractivity contribution in [1.82, 2.24) is 14.9 Å². The molecule has 0 aliphatic heterocycles. The maximum atomic E-state index is 12.7. The predicted octanol–water partition coefficient (Wildman–Crippen LogP) is 7.06. The molecule has 0 saturated carbocycles. The van der Waals surface area contributed by atoms with Crippen molar-refractivity contribution in [1.29, 1.82) is 5.26 Å². The van der Waals surface area contributed by atoms with Gasteiger partial charge >= 0.3 is 0 Å². The van der Waals surface area contributed by atoms with Crippen molar-refractivity contribution in [3.05, 3.63) is 88.4 Å². The second kappa shape index (κ2) is 15.2. The van der Waals surface area contributed by atoms with Crippen LogP contribution in [-0.2, 0) is 24.2 Å². The smallest absolute Gasteiger partial charge is 0.248 e. The molecule has 0 aliphatic carbocycles. The summed E-state index contributed by atoms with van der Waals surface area (Å²) in [7, 11) is 3.85. The maximum absolute atomic E-state index is 12.7. The van der Waals surface area contributed by atoms with Gasteiger partial charge in [-0.3, -0.25) is 14.8 Å². The Morgan fingerprint density at radius 3 is 2.50 bits per heavy atom. The minimum atomic E-state index is -0.292. The molecule has 0 aliphatic rings. The average Bonchev–Trinajstić information content (AvgIpc) is 3.01. The zero-order valence-corrected chi connectivity index (χ0v) is 26.5. The van der Waals surface area contributed by atoms with E-state index in [2.05, 4.69) is 28.6 Å². The quantitative estimate of drug-likeness (QED) is 0.154. The number of pyridine rings is 2. The van der Waals surface area contributed by atoms with Gasteiger partial charge in [-0.2, -0.15) is 5.26 Å². The van der Waals surface area contributed by atoms with Crippen LogP contribution in [0.1, 0.15) is 43.4 Å². The van der Waals surface area contributed by atoms with Gasteiger partial charge in [0.05, 0.1) is 45.5 Å². The molecular weight excluding hydrogens is 576 g/mol. The number of amides is 1. The van der Waals surface area contributed by atoms with E-state index in [0.29, 0.717) is 75.3 Å². The number of fused-ring (bicyclic) bond motifs is 1. The molecule has 0 radical (unpaired) electrons. The summed E-state index contributed by atoms with van der Waals surface area (Å²) in [5.41, 5.74) is 5.18. The van der Waals surface area contributed by atoms with Crippen molar-refractivity contribution in [3.63, 3.8) is 0 Å². The number of nitrogens with one attached hydrogen (secondary N) is 2. The van der Waals surface area contributed by atoms with Crippen molar-refractivity contribution in [3.8, 4) is 17.6 Å². The van der Waals surface area contributed by atoms with Crippen molar-refractivity contribution < 1.29 is 14.3 Å². The zero-order chi connectivity index (χ0) is 31.6. The number of carbonyl (C=O) groups excluding carboxylic acids is 1. The molecule has 2 N–H and O–H groups in total. The highest BCUT2D eigenvalue weighted by Crippen LogP contribution is 2.38. The molecule has 10 heteroatoms. The zero-order valence-electron chi connectivity index (χ0n) is 25.7. The molecule has 228 valence electrons. The van der Waals surface area contributed by atoms with Crippen molar-refractivity contribution in [2.75, 3.05) is 37.9 Å². The fraction of sp³-hybridized carbons (Fsp3) is 0.294. The summed E-state index contributed by atoms with van der Waals surface area (Å²) in [4.78, 5) is 24.1. The predicted molar refractivity (Wildman–Crippen MR) is 176 cm³/mol. The highest BCUT2D eigenvalue weighted by Gasteiger charge is 2.19. The second-order valence-electron chi connectivity index (χ2n) is 10.3. The first-order valence-electron chi connectivity index (χ1n) is 14.6. The molecule has 2 aromatic carbocycles. The van der Waals surface area contributed by atoms with Crippen LogP contribution in [-0.4, -0.2) is 48.0 Å². The standard InChI is InChI=1S/C34H37ClN6O3/c1-6-22-11-9-12-24(37-22)21-44-31-15-14-23(17-27(31)35)38-34-25-18-30(40-33(42)13-10-16-41(4)5)32(43-8-3)19-29(25)39-28(7-2)26(34)20-36/h9-15,17-19H,6-8,16,21H2,1-5H3,(H,38,39)(H,40,42)/b13-10+. The van der Waals surface area contributed by atoms with Gasteiger partial charge in [0.25, 0.3) is 0 Å². The number of hydrogen-bond acceptors (Lipinski definition) is 8. The number of anilines is 3. The topological polar surface area (TPSA) is 112 Å². The third kappa shape index (κ3) is 8.04. The number of carbonyl (C=O) groups is 1. The van der Waals surface area contributed by atoms with E-state index in [1.807, 2.05) is 57.1 Å². The molecule has 0 atom stereocenters. The van der Waals surface area contributed by atoms with Crippen LogP contribution >= 0.6 is 11.6 Å². The monoisotopic (exact) mass is 612 g/mol. The third-order valence-electron chi connectivity index (χ3n) is 6.71. The molecule has 0 bridgehead atoms. The molecule has 9 nitrogen and oxygen atoms in total. The fourth-order valence-electron chi connectivity index (χ4n) is 4.56. The Morgan fingerprint density at radius 1 is 1.02 bits per heavy atom. The number of halogens is 1. The fourth-order valence-corrected chi connectivity index (χ4v) is 4.80. The van der Waals surface area contributed by atoms with E-state index in [0.717, 1.165) is 17.8 Å². The van der Waals surface area contributed by atoms with Gasteiger partial charge in [-0.25, -0.2) is 0 Å². The first-order valence-corrected chi connectivity index (χ1v) is 14.9. The van der Waals surface area contributed by atoms with Gasteiger partial charge in [0, 0.05) is 35.5 Å². The summed E-state index contributed by atoms with van der Waals surface area (Å²) in [6.45, 7) is 7.20. The van der Waals surface area contributed by atoms with Gasteiger partial charge in [0.2, 0.25) is 5.91 Å². The summed E-state index contributed by atoms with van der Waals surface area (Å²) in [6, 6.07) is 17.1. The van der Waals surface area contributed by atoms with Crippen molar-refractivity contribution >= 4 is 45.5 Å². The molecule has 1 amide bonds. The molecule has 0 spiro atoms. The Balaban J connectivity index is 1.69. The normalized spacial score (nSPS) is 11.1. The van der Waals surface area contributed by atoms with Gasteiger partial charge in [-0.05, 0) is 70.3 Å². The van der Waals surface area contributed by atoms with Gasteiger partial charge in [-0.15, -0.1) is 0 Å². The lowest BCUT2D eigenvalue weighted by Gasteiger charge is -2.18. The van der Waals surface area contributed by atoms with Crippen LogP contribution < -0.4 is 20.1 Å². The van der Waals surface area contributed by atoms with Crippen molar-refractivity contribution in [2.24, 2.45) is 0 Å². The van der Waals surface area contributed by atoms with Crippen LogP contribution in [0.5, 0.6) is 11.5 Å². The summed E-state index contributed by atoms with van der Waals surface area (Å²) >= 11 is 6.63. The maximum Gasteiger partial charge on any atom is 0.248 e. The molecule has 44 heavy (non-hydrogen) atoms. The number of nitriles is 1. The molecule has 2 aromatic heterocycles. The number of hydrogen-bond donors (Lipinski definition) is 2. The number of aromatic nitrogens is 2. The van der Waals surface area contributed by atoms with Crippen LogP contribution in [0.2, 0.25) is 5.02 Å². The molecule has 2 heterocycles. The summed E-state index contributed by atoms with van der Waals surface area (Å²) in [5.74, 6) is 0.714. The highest BCUT2D eigenvalue weighted by molar-refractivity contribution is 6.32. The average molecular weight is 613 g/mol. The van der Waals surface area contributed by atoms with E-state index in [1.54, 1.807) is 30.3 Å². The molecule has 0 unspecified atom stereocenters. The van der Waals surface area contributed by atoms with Crippen LogP contribution in [0.3, 0.4) is 0 Å². The van der Waals surface area contributed by atoms with Gasteiger partial charge < -0.3 is 25.0 Å². The number of aryl methyl sites for hydroxylation is 2. The Hall–Kier alpha value is -4.65. The Labute approximate surface area is 263 Å². The molecule has 0 saturated heterocycles. The van der Waals surface area contributed by atoms with E-state index in [1.165, 1.54) is 6.08 Å². The molecule has 4 aromatic rings. The van der Waals surface area contributed by atoms with Gasteiger partial charge in [0.1, 0.15) is 24.2 Å². The number of nitrogens with zero attached hydrogens (tertiary/aromatic N) is 4. The summed E-state index contributed by atoms with van der Waals surface area (Å²) in [5, 5.41) is 17.6. The van der Waals surface area contributed by atoms with Crippen LogP contribution in [0.25, 0.3) is 10.9 Å². The number of likely N-dealkylation sites (N-methyl/N-ethyl adjacent to an activating group) is 1. The molecule has 0 fully saturated rings. The largest absolute Gasteiger partial charge is 0.492 e. The number of rotatable bonds is 13. The minimum absolute atomic E-state index is 0.286. The minimum Gasteiger partial charge on any atom is -0.492 e. The first-order chi connectivity index (χ1) is 21.3. The van der Waals surface area contributed by atoms with Crippen LogP contribution in [0.4, 0.5) is 17.1 Å². The SMILES string of the molecule is CCOc1cc2nc(CC)c(C#N)c(Nc3ccc(OCc4cccc(CC)n4)c(Cl)c3)c2cc1NC(=O)/C=C/CN(C)C. The van der Waals surface area contributed by atoms with Gasteiger partial charge in [0.15, 0.2) is 0 Å². The lowest BCUT2D eigenvalue weighted by molar-refractivity contribution is -0.111. The third-order valence-corrected chi connectivity index (χ3v) is 7.00. The van der Waals surface area contributed by atoms with Crippen molar-refractivity contribution in [2.45, 2.75) is 40.2 Å². The van der Waals surface area contributed by atoms with E-state index < -0.39 is 0 Å². The lowest BCUT2D eigenvalue weighted by Crippen LogP contribution is -2.13. The Bertz CT molecular complexity index is 1710. The summed E-state index contributed by atoms with van der Waals surface area (Å²) in [6.07, 6.45) is 4.66. The number of ether oxygens (including phenoxy) is 2. The van der Waals surface area contributed by atoms with E-state index in [-0.39, 0.29) is 12.5 Å². The number of benzene rings is 2. The molecule has 4 rings (SSSR count). The highest BCUT2D eigenvalue weighted by atomic mass is 35.5. The van der Waals surface area contributed by atoms with E-state index in [4.69, 9.17) is 26.1 Å². The van der Waals surface area contributed by atoms with Crippen LogP contribution in [0, 0.1) is 11.3 Å². The molecular formula is C34H37ClN6O3. The lowest BCUT2D eigenvalue weighted by atomic mass is 10.0. The Kier molecular flexibility index (Phi) is 11.1. The van der Waals surface area contributed by atoms with E-state index >= 15 is 0 Å². The first kappa shape index (κ1) is 32.3. The van der Waals surface area contributed by atoms with Crippen LogP contribution in [0.15, 0.2) is 60.7 Å². The summed E-state index contributed by atoms with van der Waals surface area (Å²) < 4.78 is 11.8. The van der Waals surface area contributed by atoms with E-state index in [9.17, 15) is 10.1 Å².